The number of aromatic carboxylic acids is 2. The van der Waals surface area contributed by atoms with Crippen LogP contribution in [0.25, 0.3) is 32.5 Å². The second-order valence-electron chi connectivity index (χ2n) is 8.27. The molecule has 0 spiro atoms. The van der Waals surface area contributed by atoms with Crippen LogP contribution in [0.1, 0.15) is 31.8 Å². The molecule has 0 atom stereocenters. The molecular weight excluding hydrogens is 582 g/mol. The van der Waals surface area contributed by atoms with Crippen molar-refractivity contribution in [2.75, 3.05) is 0 Å². The van der Waals surface area contributed by atoms with Crippen molar-refractivity contribution < 1.29 is 46.1 Å². The maximum atomic E-state index is 13.7. The van der Waals surface area contributed by atoms with Crippen LogP contribution in [0.2, 0.25) is 0 Å². The van der Waals surface area contributed by atoms with Crippen LogP contribution in [-0.4, -0.2) is 52.1 Å². The Morgan fingerprint density at radius 2 is 1.05 bits per heavy atom. The second-order valence-corrected chi connectivity index (χ2v) is 9.35. The Labute approximate surface area is 227 Å². The Bertz CT molecular complexity index is 1680. The summed E-state index contributed by atoms with van der Waals surface area (Å²) in [5.41, 5.74) is -5.60. The van der Waals surface area contributed by atoms with Crippen LogP contribution < -0.4 is 0 Å². The quantitative estimate of drug-likeness (QED) is 0.240. The van der Waals surface area contributed by atoms with Gasteiger partial charge in [0, 0.05) is 0 Å². The third kappa shape index (κ3) is 5.13. The highest BCUT2D eigenvalue weighted by Gasteiger charge is 2.40. The number of benzene rings is 2. The zero-order chi connectivity index (χ0) is 29.7. The van der Waals surface area contributed by atoms with Crippen molar-refractivity contribution in [2.24, 2.45) is 0 Å². The number of alkyl halides is 6. The maximum absolute atomic E-state index is 13.7. The minimum Gasteiger partial charge on any atom is -0.478 e. The molecule has 5 rings (SSSR count). The summed E-state index contributed by atoms with van der Waals surface area (Å²) in [6.45, 7) is 0. The van der Waals surface area contributed by atoms with Gasteiger partial charge in [0.2, 0.25) is 0 Å². The van der Waals surface area contributed by atoms with Crippen molar-refractivity contribution in [1.29, 1.82) is 0 Å². The van der Waals surface area contributed by atoms with E-state index < -0.39 is 57.9 Å². The smallest absolute Gasteiger partial charge is 0.419 e. The minimum absolute atomic E-state index is 0.121. The molecular formula is C24H12F6N6O4S. The summed E-state index contributed by atoms with van der Waals surface area (Å²) in [5.74, 6) is -3.54. The Kier molecular flexibility index (Phi) is 6.60. The van der Waals surface area contributed by atoms with Crippen molar-refractivity contribution in [3.63, 3.8) is 0 Å². The van der Waals surface area contributed by atoms with Crippen molar-refractivity contribution in [3.05, 3.63) is 83.2 Å². The van der Waals surface area contributed by atoms with Gasteiger partial charge in [-0.15, -0.1) is 21.5 Å². The van der Waals surface area contributed by atoms with Gasteiger partial charge in [0.05, 0.1) is 55.8 Å². The number of carboxylic acids is 2. The molecule has 0 aliphatic rings. The first-order valence-corrected chi connectivity index (χ1v) is 11.9. The molecule has 0 fully saturated rings. The highest BCUT2D eigenvalue weighted by Crippen LogP contribution is 2.39. The van der Waals surface area contributed by atoms with Crippen molar-refractivity contribution in [3.8, 4) is 32.5 Å². The molecule has 210 valence electrons. The third-order valence-electron chi connectivity index (χ3n) is 5.70. The van der Waals surface area contributed by atoms with Crippen molar-refractivity contribution >= 4 is 23.3 Å². The monoisotopic (exact) mass is 594 g/mol. The zero-order valence-electron chi connectivity index (χ0n) is 19.8. The maximum Gasteiger partial charge on any atom is 0.419 e. The highest BCUT2D eigenvalue weighted by molar-refractivity contribution is 7.18. The van der Waals surface area contributed by atoms with E-state index >= 15 is 0 Å². The Hall–Kier alpha value is -5.06. The Morgan fingerprint density at radius 3 is 1.39 bits per heavy atom. The fourth-order valence-electron chi connectivity index (χ4n) is 4.02. The van der Waals surface area contributed by atoms with E-state index in [1.807, 2.05) is 0 Å². The summed E-state index contributed by atoms with van der Waals surface area (Å²) >= 11 is 1.03. The molecule has 2 N–H and O–H groups in total. The van der Waals surface area contributed by atoms with Gasteiger partial charge >= 0.3 is 24.3 Å². The fourth-order valence-corrected chi connectivity index (χ4v) is 4.92. The van der Waals surface area contributed by atoms with Gasteiger partial charge in [0.1, 0.15) is 11.4 Å². The molecule has 10 nitrogen and oxygen atoms in total. The van der Waals surface area contributed by atoms with Crippen LogP contribution in [0, 0.1) is 0 Å². The van der Waals surface area contributed by atoms with Gasteiger partial charge in [-0.2, -0.15) is 26.3 Å². The molecule has 41 heavy (non-hydrogen) atoms. The van der Waals surface area contributed by atoms with Gasteiger partial charge in [-0.3, -0.25) is 0 Å². The number of halogens is 6. The van der Waals surface area contributed by atoms with Crippen molar-refractivity contribution in [2.45, 2.75) is 12.4 Å². The molecule has 3 aromatic heterocycles. The van der Waals surface area contributed by atoms with Crippen LogP contribution in [0.3, 0.4) is 0 Å². The molecule has 0 aliphatic carbocycles. The molecule has 0 unspecified atom stereocenters. The van der Waals surface area contributed by atoms with Gasteiger partial charge < -0.3 is 10.2 Å². The molecule has 0 amide bonds. The summed E-state index contributed by atoms with van der Waals surface area (Å²) in [7, 11) is 0. The van der Waals surface area contributed by atoms with E-state index in [2.05, 4.69) is 20.6 Å². The SMILES string of the molecule is O=C(O)c1cccc(-n2cc(-c3ccc(-c4cn(-c5cccc(C(=O)O)c5C(F)(F)F)nn4)s3)nn2)c1C(F)(F)F. The molecule has 0 bridgehead atoms. The molecule has 0 aliphatic heterocycles. The number of carboxylic acid groups (broad SMARTS) is 2. The van der Waals surface area contributed by atoms with E-state index in [1.54, 1.807) is 0 Å². The lowest BCUT2D eigenvalue weighted by Crippen LogP contribution is -2.17. The van der Waals surface area contributed by atoms with Crippen LogP contribution in [-0.2, 0) is 12.4 Å². The molecule has 0 saturated carbocycles. The van der Waals surface area contributed by atoms with E-state index in [9.17, 15) is 46.1 Å². The summed E-state index contributed by atoms with van der Waals surface area (Å²) in [6, 6.07) is 9.05. The van der Waals surface area contributed by atoms with Gasteiger partial charge in [-0.25, -0.2) is 19.0 Å². The number of hydrogen-bond donors (Lipinski definition) is 2. The highest BCUT2D eigenvalue weighted by atomic mass is 32.1. The Morgan fingerprint density at radius 1 is 0.659 bits per heavy atom. The number of thiophene rings is 1. The topological polar surface area (TPSA) is 136 Å². The third-order valence-corrected chi connectivity index (χ3v) is 6.83. The lowest BCUT2D eigenvalue weighted by molar-refractivity contribution is -0.138. The molecule has 0 radical (unpaired) electrons. The number of nitrogens with zero attached hydrogens (tertiary/aromatic N) is 6. The number of hydrogen-bond acceptors (Lipinski definition) is 7. The largest absolute Gasteiger partial charge is 0.478 e. The standard InChI is InChI=1S/C24H12F6N6O4S/c25-23(26,27)19-11(21(37)38)3-1-5-15(19)35-9-13(31-33-35)17-7-8-18(41-17)14-10-36(34-32-14)16-6-2-4-12(22(39)40)20(16)24(28,29)30/h1-10H,(H,37,38)(H,39,40). The number of carbonyl (C=O) groups is 2. The summed E-state index contributed by atoms with van der Waals surface area (Å²) in [5, 5.41) is 33.6. The van der Waals surface area contributed by atoms with Crippen molar-refractivity contribution in [1.82, 2.24) is 30.0 Å². The first-order chi connectivity index (χ1) is 19.3. The average molecular weight is 594 g/mol. The number of aromatic nitrogens is 6. The minimum atomic E-state index is -5.01. The van der Waals surface area contributed by atoms with Gasteiger partial charge in [-0.1, -0.05) is 22.6 Å². The normalized spacial score (nSPS) is 12.0. The molecule has 0 saturated heterocycles. The van der Waals surface area contributed by atoms with Crippen LogP contribution in [0.5, 0.6) is 0 Å². The molecule has 17 heteroatoms. The molecule has 3 heterocycles. The summed E-state index contributed by atoms with van der Waals surface area (Å²) < 4.78 is 83.9. The average Bonchev–Trinajstić information content (AvgIpc) is 3.67. The van der Waals surface area contributed by atoms with Gasteiger partial charge in [0.25, 0.3) is 0 Å². The van der Waals surface area contributed by atoms with E-state index in [0.29, 0.717) is 9.75 Å². The number of rotatable bonds is 6. The first-order valence-electron chi connectivity index (χ1n) is 11.1. The van der Waals surface area contributed by atoms with E-state index in [-0.39, 0.29) is 11.4 Å². The van der Waals surface area contributed by atoms with Gasteiger partial charge in [0.15, 0.2) is 0 Å². The predicted octanol–water partition coefficient (Wildman–Crippen LogP) is 5.68. The van der Waals surface area contributed by atoms with Crippen LogP contribution in [0.4, 0.5) is 26.3 Å². The van der Waals surface area contributed by atoms with E-state index in [0.717, 1.165) is 69.5 Å². The lowest BCUT2D eigenvalue weighted by atomic mass is 10.0. The first kappa shape index (κ1) is 27.5. The lowest BCUT2D eigenvalue weighted by Gasteiger charge is -2.14. The predicted molar refractivity (Wildman–Crippen MR) is 129 cm³/mol. The summed E-state index contributed by atoms with van der Waals surface area (Å²) in [4.78, 5) is 23.6. The van der Waals surface area contributed by atoms with E-state index in [1.165, 1.54) is 12.1 Å². The Balaban J connectivity index is 1.49. The molecule has 2 aromatic carbocycles. The van der Waals surface area contributed by atoms with Gasteiger partial charge in [-0.05, 0) is 36.4 Å². The molecule has 5 aromatic rings. The van der Waals surface area contributed by atoms with E-state index in [4.69, 9.17) is 0 Å². The van der Waals surface area contributed by atoms with Crippen LogP contribution in [0.15, 0.2) is 60.9 Å². The summed E-state index contributed by atoms with van der Waals surface area (Å²) in [6.07, 6.45) is -7.69. The fraction of sp³-hybridized carbons (Fsp3) is 0.0833. The zero-order valence-corrected chi connectivity index (χ0v) is 20.7. The van der Waals surface area contributed by atoms with Crippen LogP contribution >= 0.6 is 11.3 Å². The second kappa shape index (κ2) is 9.84.